The monoisotopic (exact) mass is 358 g/mol. The number of thioether (sulfide) groups is 1. The maximum atomic E-state index is 12.5. The van der Waals surface area contributed by atoms with Crippen LogP contribution in [-0.2, 0) is 4.79 Å². The Morgan fingerprint density at radius 3 is 2.43 bits per heavy atom. The number of amides is 1. The Hall–Kier alpha value is -1.14. The van der Waals surface area contributed by atoms with Gasteiger partial charge in [0.05, 0.1) is 15.7 Å². The number of alkyl halides is 3. The minimum atomic E-state index is -5.15. The summed E-state index contributed by atoms with van der Waals surface area (Å²) >= 11 is 12.3. The number of hydrogen-bond donors (Lipinski definition) is 2. The zero-order chi connectivity index (χ0) is 16.4. The standard InChI is InChI=1S/C11H7Cl2F3N2O2S/c1-10(20,11(14,15)16)9(19)18-5-2-3-6(21-4-17)8(13)7(5)12/h2-3,20H,1H3,(H,18,19). The van der Waals surface area contributed by atoms with Crippen molar-refractivity contribution in [2.45, 2.75) is 23.6 Å². The van der Waals surface area contributed by atoms with Gasteiger partial charge in [0, 0.05) is 4.90 Å². The van der Waals surface area contributed by atoms with E-state index in [0.717, 1.165) is 0 Å². The molecule has 1 aromatic carbocycles. The number of hydrogen-bond acceptors (Lipinski definition) is 4. The van der Waals surface area contributed by atoms with Gasteiger partial charge in [0.15, 0.2) is 0 Å². The number of aliphatic hydroxyl groups is 1. The normalized spacial score (nSPS) is 14.2. The van der Waals surface area contributed by atoms with Crippen LogP contribution in [0.25, 0.3) is 0 Å². The number of anilines is 1. The molecule has 21 heavy (non-hydrogen) atoms. The van der Waals surface area contributed by atoms with E-state index in [-0.39, 0.29) is 20.6 Å². The first-order valence-corrected chi connectivity index (χ1v) is 6.74. The molecule has 1 rings (SSSR count). The summed E-state index contributed by atoms with van der Waals surface area (Å²) in [6, 6.07) is 2.48. The van der Waals surface area contributed by atoms with Crippen LogP contribution in [0.5, 0.6) is 0 Å². The van der Waals surface area contributed by atoms with E-state index in [0.29, 0.717) is 18.7 Å². The Kier molecular flexibility index (Phi) is 5.39. The lowest BCUT2D eigenvalue weighted by atomic mass is 10.1. The lowest BCUT2D eigenvalue weighted by molar-refractivity contribution is -0.242. The maximum Gasteiger partial charge on any atom is 0.426 e. The predicted octanol–water partition coefficient (Wildman–Crippen LogP) is 3.82. The van der Waals surface area contributed by atoms with Crippen LogP contribution in [0.4, 0.5) is 18.9 Å². The first-order chi connectivity index (χ1) is 9.52. The second kappa shape index (κ2) is 6.32. The van der Waals surface area contributed by atoms with E-state index in [1.165, 1.54) is 12.1 Å². The van der Waals surface area contributed by atoms with Crippen molar-refractivity contribution in [3.63, 3.8) is 0 Å². The molecule has 0 spiro atoms. The van der Waals surface area contributed by atoms with Gasteiger partial charge in [-0.25, -0.2) is 0 Å². The van der Waals surface area contributed by atoms with E-state index in [1.54, 1.807) is 5.40 Å². The van der Waals surface area contributed by atoms with Crippen molar-refractivity contribution >= 4 is 46.6 Å². The summed E-state index contributed by atoms with van der Waals surface area (Å²) in [5.41, 5.74) is -3.79. The van der Waals surface area contributed by atoms with Crippen LogP contribution < -0.4 is 5.32 Å². The highest BCUT2D eigenvalue weighted by Gasteiger charge is 2.55. The summed E-state index contributed by atoms with van der Waals surface area (Å²) in [7, 11) is 0. The molecule has 1 atom stereocenters. The highest BCUT2D eigenvalue weighted by Crippen LogP contribution is 2.38. The molecule has 0 fully saturated rings. The quantitative estimate of drug-likeness (QED) is 0.636. The summed E-state index contributed by atoms with van der Waals surface area (Å²) < 4.78 is 37.6. The van der Waals surface area contributed by atoms with E-state index in [4.69, 9.17) is 28.5 Å². The van der Waals surface area contributed by atoms with Gasteiger partial charge in [-0.3, -0.25) is 4.79 Å². The predicted molar refractivity (Wildman–Crippen MR) is 73.2 cm³/mol. The van der Waals surface area contributed by atoms with E-state index >= 15 is 0 Å². The highest BCUT2D eigenvalue weighted by atomic mass is 35.5. The van der Waals surface area contributed by atoms with Gasteiger partial charge >= 0.3 is 6.18 Å². The fourth-order valence-corrected chi connectivity index (χ4v) is 2.10. The molecule has 10 heteroatoms. The molecule has 0 bridgehead atoms. The molecule has 0 radical (unpaired) electrons. The van der Waals surface area contributed by atoms with Crippen LogP contribution in [0.3, 0.4) is 0 Å². The van der Waals surface area contributed by atoms with Crippen LogP contribution >= 0.6 is 35.0 Å². The van der Waals surface area contributed by atoms with Crippen molar-refractivity contribution < 1.29 is 23.1 Å². The van der Waals surface area contributed by atoms with Gasteiger partial charge in [0.25, 0.3) is 5.91 Å². The lowest BCUT2D eigenvalue weighted by Crippen LogP contribution is -2.52. The molecule has 114 valence electrons. The summed E-state index contributed by atoms with van der Waals surface area (Å²) in [6.45, 7) is 0.317. The van der Waals surface area contributed by atoms with E-state index in [2.05, 4.69) is 0 Å². The summed E-state index contributed by atoms with van der Waals surface area (Å²) in [4.78, 5) is 11.8. The number of nitrogens with one attached hydrogen (secondary N) is 1. The average molecular weight is 359 g/mol. The van der Waals surface area contributed by atoms with Crippen molar-refractivity contribution in [2.24, 2.45) is 0 Å². The molecule has 0 aliphatic heterocycles. The third kappa shape index (κ3) is 3.74. The zero-order valence-electron chi connectivity index (χ0n) is 10.3. The number of nitriles is 1. The second-order valence-corrected chi connectivity index (χ2v) is 5.54. The van der Waals surface area contributed by atoms with E-state index in [9.17, 15) is 23.1 Å². The smallest absolute Gasteiger partial charge is 0.373 e. The van der Waals surface area contributed by atoms with Gasteiger partial charge in [0.1, 0.15) is 5.40 Å². The van der Waals surface area contributed by atoms with Gasteiger partial charge in [-0.2, -0.15) is 18.4 Å². The Labute approximate surface area is 131 Å². The molecular formula is C11H7Cl2F3N2O2S. The van der Waals surface area contributed by atoms with E-state index in [1.807, 2.05) is 5.32 Å². The third-order valence-corrected chi connectivity index (χ3v) is 4.09. The van der Waals surface area contributed by atoms with Gasteiger partial charge in [-0.1, -0.05) is 23.2 Å². The average Bonchev–Trinajstić information content (AvgIpc) is 2.37. The SMILES string of the molecule is CC(O)(C(=O)Nc1ccc(SC#N)c(Cl)c1Cl)C(F)(F)F. The van der Waals surface area contributed by atoms with Crippen molar-refractivity contribution in [2.75, 3.05) is 5.32 Å². The number of halogens is 5. The fourth-order valence-electron chi connectivity index (χ4n) is 1.13. The molecule has 0 aliphatic carbocycles. The Bertz CT molecular complexity index is 615. The summed E-state index contributed by atoms with van der Waals surface area (Å²) in [5, 5.41) is 21.0. The van der Waals surface area contributed by atoms with Crippen molar-refractivity contribution in [1.82, 2.24) is 0 Å². The molecule has 0 saturated heterocycles. The molecule has 0 saturated carbocycles. The molecular weight excluding hydrogens is 352 g/mol. The first-order valence-electron chi connectivity index (χ1n) is 5.17. The van der Waals surface area contributed by atoms with Crippen LogP contribution in [-0.4, -0.2) is 22.8 Å². The highest BCUT2D eigenvalue weighted by molar-refractivity contribution is 8.03. The molecule has 4 nitrogen and oxygen atoms in total. The zero-order valence-corrected chi connectivity index (χ0v) is 12.6. The minimum absolute atomic E-state index is 0.0901. The van der Waals surface area contributed by atoms with Crippen LogP contribution in [0.1, 0.15) is 6.92 Å². The Morgan fingerprint density at radius 2 is 1.95 bits per heavy atom. The Morgan fingerprint density at radius 1 is 1.38 bits per heavy atom. The molecule has 1 unspecified atom stereocenters. The molecule has 1 amide bonds. The van der Waals surface area contributed by atoms with Gasteiger partial charge in [0.2, 0.25) is 5.60 Å². The molecule has 0 aromatic heterocycles. The molecule has 2 N–H and O–H groups in total. The number of nitrogens with zero attached hydrogens (tertiary/aromatic N) is 1. The van der Waals surface area contributed by atoms with Crippen molar-refractivity contribution in [3.8, 4) is 5.40 Å². The summed E-state index contributed by atoms with van der Waals surface area (Å²) in [5.74, 6) is -1.70. The van der Waals surface area contributed by atoms with E-state index < -0.39 is 17.7 Å². The van der Waals surface area contributed by atoms with Crippen LogP contribution in [0, 0.1) is 10.7 Å². The summed E-state index contributed by atoms with van der Waals surface area (Å²) in [6.07, 6.45) is -5.15. The number of carbonyl (C=O) groups excluding carboxylic acids is 1. The Balaban J connectivity index is 3.08. The number of carbonyl (C=O) groups is 1. The second-order valence-electron chi connectivity index (χ2n) is 3.96. The molecule has 0 heterocycles. The van der Waals surface area contributed by atoms with Crippen molar-refractivity contribution in [3.05, 3.63) is 22.2 Å². The topological polar surface area (TPSA) is 73.1 Å². The number of rotatable bonds is 3. The third-order valence-electron chi connectivity index (χ3n) is 2.44. The molecule has 0 aliphatic rings. The van der Waals surface area contributed by atoms with Crippen LogP contribution in [0.15, 0.2) is 17.0 Å². The van der Waals surface area contributed by atoms with Crippen molar-refractivity contribution in [1.29, 1.82) is 5.26 Å². The minimum Gasteiger partial charge on any atom is -0.373 e. The van der Waals surface area contributed by atoms with Gasteiger partial charge < -0.3 is 10.4 Å². The number of thiocyanates is 1. The fraction of sp³-hybridized carbons (Fsp3) is 0.273. The lowest BCUT2D eigenvalue weighted by Gasteiger charge is -2.25. The van der Waals surface area contributed by atoms with Crippen LogP contribution in [0.2, 0.25) is 10.0 Å². The largest absolute Gasteiger partial charge is 0.426 e. The first kappa shape index (κ1) is 17.9. The van der Waals surface area contributed by atoms with Gasteiger partial charge in [-0.15, -0.1) is 0 Å². The molecule has 1 aromatic rings. The van der Waals surface area contributed by atoms with Gasteiger partial charge in [-0.05, 0) is 30.8 Å². The maximum absolute atomic E-state index is 12.5. The number of benzene rings is 1.